The van der Waals surface area contributed by atoms with Crippen molar-refractivity contribution in [1.82, 2.24) is 10.2 Å². The van der Waals surface area contributed by atoms with E-state index in [1.165, 1.54) is 25.4 Å². The van der Waals surface area contributed by atoms with E-state index in [4.69, 9.17) is 9.15 Å². The standard InChI is InChI=1S/C15H24N2O3/c1-19-8-3-7-17-6-2-4-13(11-17)10-16-15(18)14-5-9-20-12-14/h5,9,12-13H,2-4,6-8,10-11H2,1H3,(H,16,18). The van der Waals surface area contributed by atoms with Gasteiger partial charge >= 0.3 is 0 Å². The lowest BCUT2D eigenvalue weighted by molar-refractivity contribution is 0.0928. The minimum Gasteiger partial charge on any atom is -0.472 e. The molecule has 1 aromatic heterocycles. The van der Waals surface area contributed by atoms with Gasteiger partial charge in [-0.3, -0.25) is 4.79 Å². The van der Waals surface area contributed by atoms with Crippen molar-refractivity contribution in [2.24, 2.45) is 5.92 Å². The molecule has 5 nitrogen and oxygen atoms in total. The number of hydrogen-bond acceptors (Lipinski definition) is 4. The minimum atomic E-state index is -0.0461. The zero-order valence-corrected chi connectivity index (χ0v) is 12.1. The van der Waals surface area contributed by atoms with E-state index >= 15 is 0 Å². The minimum absolute atomic E-state index is 0.0461. The van der Waals surface area contributed by atoms with Crippen LogP contribution in [0.25, 0.3) is 0 Å². The number of hydrogen-bond donors (Lipinski definition) is 1. The second kappa shape index (κ2) is 8.07. The fourth-order valence-electron chi connectivity index (χ4n) is 2.69. The van der Waals surface area contributed by atoms with Crippen molar-refractivity contribution in [1.29, 1.82) is 0 Å². The van der Waals surface area contributed by atoms with Gasteiger partial charge in [-0.2, -0.15) is 0 Å². The third kappa shape index (κ3) is 4.65. The Hall–Kier alpha value is -1.33. The number of methoxy groups -OCH3 is 1. The van der Waals surface area contributed by atoms with Crippen LogP contribution in [0.15, 0.2) is 23.0 Å². The van der Waals surface area contributed by atoms with Crippen LogP contribution in [0, 0.1) is 5.92 Å². The van der Waals surface area contributed by atoms with Gasteiger partial charge in [0.25, 0.3) is 5.91 Å². The molecule has 112 valence electrons. The number of nitrogens with one attached hydrogen (secondary N) is 1. The fourth-order valence-corrected chi connectivity index (χ4v) is 2.69. The number of amides is 1. The largest absolute Gasteiger partial charge is 0.472 e. The lowest BCUT2D eigenvalue weighted by Gasteiger charge is -2.32. The van der Waals surface area contributed by atoms with E-state index in [9.17, 15) is 4.79 Å². The van der Waals surface area contributed by atoms with Crippen molar-refractivity contribution in [3.8, 4) is 0 Å². The molecule has 0 spiro atoms. The SMILES string of the molecule is COCCCN1CCCC(CNC(=O)c2ccoc2)C1. The Morgan fingerprint density at radius 3 is 3.25 bits per heavy atom. The molecule has 1 aliphatic heterocycles. The number of ether oxygens (including phenoxy) is 1. The van der Waals surface area contributed by atoms with Crippen molar-refractivity contribution in [2.45, 2.75) is 19.3 Å². The third-order valence-electron chi connectivity index (χ3n) is 3.76. The predicted molar refractivity (Wildman–Crippen MR) is 76.7 cm³/mol. The molecule has 5 heteroatoms. The molecule has 20 heavy (non-hydrogen) atoms. The molecule has 0 radical (unpaired) electrons. The number of piperidine rings is 1. The smallest absolute Gasteiger partial charge is 0.254 e. The van der Waals surface area contributed by atoms with Crippen LogP contribution in [0.1, 0.15) is 29.6 Å². The van der Waals surface area contributed by atoms with Gasteiger partial charge in [0.15, 0.2) is 0 Å². The van der Waals surface area contributed by atoms with Crippen molar-refractivity contribution >= 4 is 5.91 Å². The Labute approximate surface area is 120 Å². The molecule has 1 fully saturated rings. The summed E-state index contributed by atoms with van der Waals surface area (Å²) in [5, 5.41) is 2.99. The molecule has 2 rings (SSSR count). The average Bonchev–Trinajstić information content (AvgIpc) is 3.00. The highest BCUT2D eigenvalue weighted by Gasteiger charge is 2.20. The molecule has 0 saturated carbocycles. The number of furan rings is 1. The van der Waals surface area contributed by atoms with E-state index in [0.717, 1.165) is 39.2 Å². The predicted octanol–water partition coefficient (Wildman–Crippen LogP) is 1.76. The summed E-state index contributed by atoms with van der Waals surface area (Å²) in [5.41, 5.74) is 0.595. The van der Waals surface area contributed by atoms with Crippen LogP contribution in [0.4, 0.5) is 0 Å². The summed E-state index contributed by atoms with van der Waals surface area (Å²) in [4.78, 5) is 14.3. The maximum atomic E-state index is 11.8. The van der Waals surface area contributed by atoms with E-state index in [1.807, 2.05) is 0 Å². The molecule has 1 aliphatic rings. The van der Waals surface area contributed by atoms with Crippen LogP contribution in [0.5, 0.6) is 0 Å². The number of likely N-dealkylation sites (tertiary alicyclic amines) is 1. The van der Waals surface area contributed by atoms with Gasteiger partial charge in [-0.15, -0.1) is 0 Å². The maximum absolute atomic E-state index is 11.8. The van der Waals surface area contributed by atoms with E-state index in [0.29, 0.717) is 11.5 Å². The summed E-state index contributed by atoms with van der Waals surface area (Å²) in [6.07, 6.45) is 6.47. The van der Waals surface area contributed by atoms with Crippen LogP contribution < -0.4 is 5.32 Å². The van der Waals surface area contributed by atoms with Gasteiger partial charge in [0, 0.05) is 33.4 Å². The molecular formula is C15H24N2O3. The summed E-state index contributed by atoms with van der Waals surface area (Å²) in [5.74, 6) is 0.498. The number of carbonyl (C=O) groups excluding carboxylic acids is 1. The molecule has 2 heterocycles. The lowest BCUT2D eigenvalue weighted by atomic mass is 9.98. The monoisotopic (exact) mass is 280 g/mol. The van der Waals surface area contributed by atoms with Gasteiger partial charge in [-0.05, 0) is 37.8 Å². The first-order chi connectivity index (χ1) is 9.79. The second-order valence-corrected chi connectivity index (χ2v) is 5.38. The topological polar surface area (TPSA) is 54.7 Å². The molecule has 1 saturated heterocycles. The Morgan fingerprint density at radius 2 is 2.50 bits per heavy atom. The second-order valence-electron chi connectivity index (χ2n) is 5.38. The first-order valence-corrected chi connectivity index (χ1v) is 7.31. The van der Waals surface area contributed by atoms with Gasteiger partial charge in [-0.1, -0.05) is 0 Å². The molecule has 1 unspecified atom stereocenters. The molecule has 1 aromatic rings. The van der Waals surface area contributed by atoms with Crippen LogP contribution >= 0.6 is 0 Å². The summed E-state index contributed by atoms with van der Waals surface area (Å²) >= 11 is 0. The van der Waals surface area contributed by atoms with Gasteiger partial charge in [0.1, 0.15) is 6.26 Å². The fraction of sp³-hybridized carbons (Fsp3) is 0.667. The molecule has 0 bridgehead atoms. The first-order valence-electron chi connectivity index (χ1n) is 7.31. The van der Waals surface area contributed by atoms with E-state index in [1.54, 1.807) is 13.2 Å². The summed E-state index contributed by atoms with van der Waals surface area (Å²) in [7, 11) is 1.74. The highest BCUT2D eigenvalue weighted by Crippen LogP contribution is 2.16. The average molecular weight is 280 g/mol. The molecular weight excluding hydrogens is 256 g/mol. The summed E-state index contributed by atoms with van der Waals surface area (Å²) in [6.45, 7) is 4.87. The normalized spacial score (nSPS) is 19.9. The molecule has 1 atom stereocenters. The molecule has 1 amide bonds. The number of rotatable bonds is 7. The van der Waals surface area contributed by atoms with E-state index in [2.05, 4.69) is 10.2 Å². The summed E-state index contributed by atoms with van der Waals surface area (Å²) in [6, 6.07) is 1.69. The number of nitrogens with zero attached hydrogens (tertiary/aromatic N) is 1. The molecule has 0 aliphatic carbocycles. The van der Waals surface area contributed by atoms with Crippen LogP contribution in [0.3, 0.4) is 0 Å². The Kier molecular flexibility index (Phi) is 6.08. The van der Waals surface area contributed by atoms with Crippen molar-refractivity contribution in [3.63, 3.8) is 0 Å². The summed E-state index contributed by atoms with van der Waals surface area (Å²) < 4.78 is 10.0. The quantitative estimate of drug-likeness (QED) is 0.773. The Bertz CT molecular complexity index is 392. The number of carbonyl (C=O) groups is 1. The van der Waals surface area contributed by atoms with Crippen molar-refractivity contribution < 1.29 is 13.9 Å². The van der Waals surface area contributed by atoms with Gasteiger partial charge in [-0.25, -0.2) is 0 Å². The molecule has 1 N–H and O–H groups in total. The molecule has 0 aromatic carbocycles. The van der Waals surface area contributed by atoms with Gasteiger partial charge in [0.2, 0.25) is 0 Å². The van der Waals surface area contributed by atoms with Crippen LogP contribution in [0.2, 0.25) is 0 Å². The zero-order chi connectivity index (χ0) is 14.2. The van der Waals surface area contributed by atoms with Crippen LogP contribution in [-0.4, -0.2) is 50.7 Å². The highest BCUT2D eigenvalue weighted by molar-refractivity contribution is 5.93. The van der Waals surface area contributed by atoms with E-state index in [-0.39, 0.29) is 5.91 Å². The van der Waals surface area contributed by atoms with Crippen molar-refractivity contribution in [2.75, 3.05) is 39.9 Å². The van der Waals surface area contributed by atoms with Gasteiger partial charge in [0.05, 0.1) is 11.8 Å². The lowest BCUT2D eigenvalue weighted by Crippen LogP contribution is -2.41. The zero-order valence-electron chi connectivity index (χ0n) is 12.1. The van der Waals surface area contributed by atoms with Crippen molar-refractivity contribution in [3.05, 3.63) is 24.2 Å². The maximum Gasteiger partial charge on any atom is 0.254 e. The van der Waals surface area contributed by atoms with Gasteiger partial charge < -0.3 is 19.4 Å². The Morgan fingerprint density at radius 1 is 1.60 bits per heavy atom. The third-order valence-corrected chi connectivity index (χ3v) is 3.76. The Balaban J connectivity index is 1.69. The highest BCUT2D eigenvalue weighted by atomic mass is 16.5. The van der Waals surface area contributed by atoms with Crippen LogP contribution in [-0.2, 0) is 4.74 Å². The first kappa shape index (κ1) is 15.1. The van der Waals surface area contributed by atoms with E-state index < -0.39 is 0 Å².